The number of aryl methyl sites for hydroxylation is 1. The number of aromatic nitrogens is 2. The summed E-state index contributed by atoms with van der Waals surface area (Å²) in [5, 5.41) is 12.0. The molecule has 0 saturated carbocycles. The maximum atomic E-state index is 11.7. The average molecular weight is 317 g/mol. The Bertz CT molecular complexity index is 700. The number of nitrogens with one attached hydrogen (secondary N) is 1. The maximum Gasteiger partial charge on any atom is 0.407 e. The summed E-state index contributed by atoms with van der Waals surface area (Å²) in [5.41, 5.74) is 0.370. The van der Waals surface area contributed by atoms with Gasteiger partial charge in [0.1, 0.15) is 6.10 Å². The summed E-state index contributed by atoms with van der Waals surface area (Å²) in [7, 11) is 0. The van der Waals surface area contributed by atoms with Crippen molar-refractivity contribution < 1.29 is 14.6 Å². The van der Waals surface area contributed by atoms with Gasteiger partial charge in [-0.05, 0) is 31.5 Å². The van der Waals surface area contributed by atoms with Crippen LogP contribution < -0.4 is 10.9 Å². The minimum absolute atomic E-state index is 0.287. The molecule has 0 aliphatic rings. The Morgan fingerprint density at radius 2 is 2.26 bits per heavy atom. The fourth-order valence-corrected chi connectivity index (χ4v) is 2.03. The van der Waals surface area contributed by atoms with Gasteiger partial charge in [-0.3, -0.25) is 9.78 Å². The van der Waals surface area contributed by atoms with Crippen LogP contribution in [0.15, 0.2) is 47.7 Å². The van der Waals surface area contributed by atoms with Gasteiger partial charge < -0.3 is 19.7 Å². The Morgan fingerprint density at radius 3 is 3.00 bits per heavy atom. The molecular formula is C16H19N3O4. The van der Waals surface area contributed by atoms with Gasteiger partial charge >= 0.3 is 6.09 Å². The van der Waals surface area contributed by atoms with Crippen LogP contribution in [0.3, 0.4) is 0 Å². The lowest BCUT2D eigenvalue weighted by Gasteiger charge is -2.14. The van der Waals surface area contributed by atoms with E-state index in [2.05, 4.69) is 10.3 Å². The van der Waals surface area contributed by atoms with Gasteiger partial charge in [0.05, 0.1) is 0 Å². The van der Waals surface area contributed by atoms with Crippen molar-refractivity contribution in [1.29, 1.82) is 0 Å². The minimum atomic E-state index is -0.524. The van der Waals surface area contributed by atoms with Gasteiger partial charge in [0.15, 0.2) is 5.75 Å². The van der Waals surface area contributed by atoms with Gasteiger partial charge in [0.2, 0.25) is 0 Å². The molecule has 23 heavy (non-hydrogen) atoms. The molecule has 0 aliphatic carbocycles. The molecule has 2 N–H and O–H groups in total. The zero-order valence-electron chi connectivity index (χ0n) is 12.8. The molecular weight excluding hydrogens is 298 g/mol. The third-order valence-electron chi connectivity index (χ3n) is 3.28. The molecule has 7 nitrogen and oxygen atoms in total. The van der Waals surface area contributed by atoms with E-state index in [1.165, 1.54) is 10.6 Å². The minimum Gasteiger partial charge on any atom is -0.503 e. The molecule has 0 unspecified atom stereocenters. The second kappa shape index (κ2) is 7.98. The van der Waals surface area contributed by atoms with E-state index in [0.29, 0.717) is 19.5 Å². The molecule has 2 heterocycles. The van der Waals surface area contributed by atoms with Crippen LogP contribution >= 0.6 is 0 Å². The lowest BCUT2D eigenvalue weighted by molar-refractivity contribution is 0.107. The average Bonchev–Trinajstić information content (AvgIpc) is 2.56. The summed E-state index contributed by atoms with van der Waals surface area (Å²) in [6.07, 6.45) is 4.51. The molecule has 0 aromatic carbocycles. The topological polar surface area (TPSA) is 93.5 Å². The van der Waals surface area contributed by atoms with Gasteiger partial charge in [0.25, 0.3) is 5.56 Å². The highest BCUT2D eigenvalue weighted by Crippen LogP contribution is 2.14. The molecule has 122 valence electrons. The first-order valence-corrected chi connectivity index (χ1v) is 7.31. The Balaban J connectivity index is 1.73. The van der Waals surface area contributed by atoms with Crippen LogP contribution in [-0.4, -0.2) is 27.3 Å². The fraction of sp³-hybridized carbons (Fsp3) is 0.312. The van der Waals surface area contributed by atoms with Crippen LogP contribution in [0, 0.1) is 0 Å². The zero-order chi connectivity index (χ0) is 16.7. The number of nitrogens with zero attached hydrogens (tertiary/aromatic N) is 2. The smallest absolute Gasteiger partial charge is 0.407 e. The Morgan fingerprint density at radius 1 is 1.43 bits per heavy atom. The van der Waals surface area contributed by atoms with E-state index in [0.717, 1.165) is 5.56 Å². The molecule has 0 fully saturated rings. The summed E-state index contributed by atoms with van der Waals surface area (Å²) in [5.74, 6) is -0.287. The van der Waals surface area contributed by atoms with Crippen molar-refractivity contribution in [2.45, 2.75) is 26.0 Å². The van der Waals surface area contributed by atoms with Gasteiger partial charge in [-0.2, -0.15) is 0 Å². The van der Waals surface area contributed by atoms with Crippen LogP contribution in [0.5, 0.6) is 5.75 Å². The number of hydrogen-bond acceptors (Lipinski definition) is 5. The van der Waals surface area contributed by atoms with E-state index in [1.54, 1.807) is 37.6 Å². The van der Waals surface area contributed by atoms with E-state index in [-0.39, 0.29) is 5.75 Å². The molecule has 7 heteroatoms. The summed E-state index contributed by atoms with van der Waals surface area (Å²) in [6.45, 7) is 2.52. The predicted molar refractivity (Wildman–Crippen MR) is 84.1 cm³/mol. The number of alkyl carbamates (subject to hydrolysis) is 1. The van der Waals surface area contributed by atoms with Crippen LogP contribution in [0.25, 0.3) is 0 Å². The van der Waals surface area contributed by atoms with Crippen molar-refractivity contribution in [3.63, 3.8) is 0 Å². The number of rotatable bonds is 6. The molecule has 0 bridgehead atoms. The van der Waals surface area contributed by atoms with Crippen LogP contribution in [0.2, 0.25) is 0 Å². The predicted octanol–water partition coefficient (Wildman–Crippen LogP) is 1.83. The molecule has 0 spiro atoms. The number of pyridine rings is 2. The number of ether oxygens (including phenoxy) is 1. The Hall–Kier alpha value is -2.83. The summed E-state index contributed by atoms with van der Waals surface area (Å²) in [4.78, 5) is 27.3. The molecule has 2 aromatic heterocycles. The molecule has 1 atom stereocenters. The third-order valence-corrected chi connectivity index (χ3v) is 3.28. The standard InChI is InChI=1S/C16H19N3O4/c1-12(13-5-2-7-17-11-13)23-16(22)18-8-4-10-19-9-3-6-14(20)15(19)21/h2-3,5-7,9,11-12,20H,4,8,10H2,1H3,(H,18,22)/t12-/m0/s1. The van der Waals surface area contributed by atoms with Crippen molar-refractivity contribution in [3.8, 4) is 5.75 Å². The first-order valence-electron chi connectivity index (χ1n) is 7.31. The number of carbonyl (C=O) groups excluding carboxylic acids is 1. The highest BCUT2D eigenvalue weighted by Gasteiger charge is 2.11. The molecule has 0 aliphatic heterocycles. The fourth-order valence-electron chi connectivity index (χ4n) is 2.03. The first kappa shape index (κ1) is 16.5. The Kier molecular flexibility index (Phi) is 5.74. The number of hydrogen-bond donors (Lipinski definition) is 2. The summed E-state index contributed by atoms with van der Waals surface area (Å²) < 4.78 is 6.62. The Labute approximate surface area is 133 Å². The van der Waals surface area contributed by atoms with Crippen LogP contribution in [-0.2, 0) is 11.3 Å². The maximum absolute atomic E-state index is 11.7. The van der Waals surface area contributed by atoms with Crippen molar-refractivity contribution >= 4 is 6.09 Å². The van der Waals surface area contributed by atoms with Gasteiger partial charge in [0, 0.05) is 37.2 Å². The van der Waals surface area contributed by atoms with E-state index >= 15 is 0 Å². The summed E-state index contributed by atoms with van der Waals surface area (Å²) in [6, 6.07) is 6.54. The lowest BCUT2D eigenvalue weighted by Crippen LogP contribution is -2.28. The van der Waals surface area contributed by atoms with Crippen molar-refractivity contribution in [2.24, 2.45) is 0 Å². The van der Waals surface area contributed by atoms with E-state index in [4.69, 9.17) is 4.74 Å². The highest BCUT2D eigenvalue weighted by atomic mass is 16.6. The van der Waals surface area contributed by atoms with E-state index in [1.807, 2.05) is 6.07 Å². The quantitative estimate of drug-likeness (QED) is 0.793. The normalized spacial score (nSPS) is 11.7. The summed E-state index contributed by atoms with van der Waals surface area (Å²) >= 11 is 0. The van der Waals surface area contributed by atoms with Gasteiger partial charge in [-0.15, -0.1) is 0 Å². The highest BCUT2D eigenvalue weighted by molar-refractivity contribution is 5.67. The second-order valence-corrected chi connectivity index (χ2v) is 5.01. The third kappa shape index (κ3) is 4.84. The molecule has 1 amide bonds. The molecule has 0 radical (unpaired) electrons. The zero-order valence-corrected chi connectivity index (χ0v) is 12.8. The van der Waals surface area contributed by atoms with Crippen molar-refractivity contribution in [1.82, 2.24) is 14.9 Å². The first-order chi connectivity index (χ1) is 11.1. The number of aromatic hydroxyl groups is 1. The van der Waals surface area contributed by atoms with Crippen molar-refractivity contribution in [3.05, 3.63) is 58.8 Å². The lowest BCUT2D eigenvalue weighted by atomic mass is 10.2. The van der Waals surface area contributed by atoms with E-state index < -0.39 is 17.8 Å². The largest absolute Gasteiger partial charge is 0.503 e. The molecule has 0 saturated heterocycles. The SMILES string of the molecule is C[C@H](OC(=O)NCCCn1cccc(O)c1=O)c1cccnc1. The number of amides is 1. The molecule has 2 aromatic rings. The molecule has 2 rings (SSSR count). The monoisotopic (exact) mass is 317 g/mol. The van der Waals surface area contributed by atoms with Crippen LogP contribution in [0.1, 0.15) is 25.0 Å². The van der Waals surface area contributed by atoms with Gasteiger partial charge in [-0.1, -0.05) is 6.07 Å². The van der Waals surface area contributed by atoms with Crippen LogP contribution in [0.4, 0.5) is 4.79 Å². The van der Waals surface area contributed by atoms with Gasteiger partial charge in [-0.25, -0.2) is 4.79 Å². The van der Waals surface area contributed by atoms with Crippen molar-refractivity contribution in [2.75, 3.05) is 6.54 Å². The van der Waals surface area contributed by atoms with E-state index in [9.17, 15) is 14.7 Å². The number of carbonyl (C=O) groups is 1. The second-order valence-electron chi connectivity index (χ2n) is 5.01.